The number of esters is 1. The molecule has 1 aromatic carbocycles. The van der Waals surface area contributed by atoms with Crippen molar-refractivity contribution in [3.05, 3.63) is 54.0 Å². The first kappa shape index (κ1) is 23.4. The first-order valence-electron chi connectivity index (χ1n) is 12.5. The predicted octanol–water partition coefficient (Wildman–Crippen LogP) is 3.27. The van der Waals surface area contributed by atoms with Crippen molar-refractivity contribution in [2.75, 3.05) is 13.7 Å². The van der Waals surface area contributed by atoms with E-state index in [4.69, 9.17) is 4.74 Å². The molecule has 35 heavy (non-hydrogen) atoms. The molecule has 2 aliphatic rings. The number of carbonyl (C=O) groups excluding carboxylic acids is 2. The van der Waals surface area contributed by atoms with Crippen LogP contribution in [0.1, 0.15) is 67.0 Å². The molecule has 9 nitrogen and oxygen atoms in total. The van der Waals surface area contributed by atoms with Crippen LogP contribution in [0.3, 0.4) is 0 Å². The summed E-state index contributed by atoms with van der Waals surface area (Å²) in [6.07, 6.45) is 11.0. The number of nitrogens with zero attached hydrogens (tertiary/aromatic N) is 5. The van der Waals surface area contributed by atoms with Crippen LogP contribution in [0.25, 0.3) is 10.9 Å². The number of methoxy groups -OCH3 is 1. The summed E-state index contributed by atoms with van der Waals surface area (Å²) in [5.74, 6) is -0.442. The summed E-state index contributed by atoms with van der Waals surface area (Å²) in [6.45, 7) is 1.25. The van der Waals surface area contributed by atoms with E-state index in [2.05, 4.69) is 31.6 Å². The fourth-order valence-electron chi connectivity index (χ4n) is 5.40. The molecule has 1 aliphatic carbocycles. The Morgan fingerprint density at radius 1 is 1.11 bits per heavy atom. The van der Waals surface area contributed by atoms with Gasteiger partial charge in [0.05, 0.1) is 30.9 Å². The average molecular weight is 477 g/mol. The molecule has 184 valence electrons. The lowest BCUT2D eigenvalue weighted by atomic mass is 10.1. The van der Waals surface area contributed by atoms with Gasteiger partial charge >= 0.3 is 5.97 Å². The number of benzene rings is 1. The second-order valence-corrected chi connectivity index (χ2v) is 9.59. The average Bonchev–Trinajstić information content (AvgIpc) is 3.46. The molecule has 5 rings (SSSR count). The zero-order valence-corrected chi connectivity index (χ0v) is 20.1. The van der Waals surface area contributed by atoms with Crippen LogP contribution in [0, 0.1) is 0 Å². The third-order valence-electron chi connectivity index (χ3n) is 7.28. The van der Waals surface area contributed by atoms with Gasteiger partial charge in [0.2, 0.25) is 5.91 Å². The van der Waals surface area contributed by atoms with E-state index in [1.807, 2.05) is 30.5 Å². The van der Waals surface area contributed by atoms with Gasteiger partial charge in [0.25, 0.3) is 0 Å². The molecule has 0 radical (unpaired) electrons. The second-order valence-electron chi connectivity index (χ2n) is 9.59. The molecule has 0 spiro atoms. The van der Waals surface area contributed by atoms with Gasteiger partial charge in [-0.25, -0.2) is 9.48 Å². The van der Waals surface area contributed by atoms with Crippen molar-refractivity contribution in [1.82, 2.24) is 30.2 Å². The second kappa shape index (κ2) is 10.5. The van der Waals surface area contributed by atoms with Crippen LogP contribution in [0.2, 0.25) is 0 Å². The molecule has 0 bridgehead atoms. The lowest BCUT2D eigenvalue weighted by Crippen LogP contribution is -2.46. The van der Waals surface area contributed by atoms with Crippen molar-refractivity contribution >= 4 is 22.8 Å². The molecule has 2 fully saturated rings. The van der Waals surface area contributed by atoms with Crippen molar-refractivity contribution in [2.24, 2.45) is 0 Å². The molecule has 0 unspecified atom stereocenters. The van der Waals surface area contributed by atoms with Crippen LogP contribution < -0.4 is 5.32 Å². The Morgan fingerprint density at radius 2 is 1.91 bits per heavy atom. The topological polar surface area (TPSA) is 102 Å². The Kier molecular flexibility index (Phi) is 7.03. The summed E-state index contributed by atoms with van der Waals surface area (Å²) in [4.78, 5) is 32.1. The fourth-order valence-corrected chi connectivity index (χ4v) is 5.40. The Balaban J connectivity index is 1.39. The SMILES string of the molecule is COC(=O)c1cn([C@@H]2C[C@@H](C(=O)NC3CCCCCC3)N(Cc3ccnc4ccccc34)C2)nn1. The molecule has 1 amide bonds. The van der Waals surface area contributed by atoms with Crippen LogP contribution in [0.15, 0.2) is 42.7 Å². The highest BCUT2D eigenvalue weighted by Gasteiger charge is 2.39. The highest BCUT2D eigenvalue weighted by Crippen LogP contribution is 2.30. The van der Waals surface area contributed by atoms with Crippen molar-refractivity contribution in [2.45, 2.75) is 69.6 Å². The zero-order valence-electron chi connectivity index (χ0n) is 20.1. The van der Waals surface area contributed by atoms with Gasteiger partial charge in [-0.15, -0.1) is 5.10 Å². The normalized spacial score (nSPS) is 21.6. The van der Waals surface area contributed by atoms with E-state index in [1.165, 1.54) is 32.8 Å². The quantitative estimate of drug-likeness (QED) is 0.430. The monoisotopic (exact) mass is 476 g/mol. The molecule has 1 N–H and O–H groups in total. The molecule has 1 saturated carbocycles. The Bertz CT molecular complexity index is 1180. The lowest BCUT2D eigenvalue weighted by molar-refractivity contribution is -0.126. The van der Waals surface area contributed by atoms with Crippen molar-refractivity contribution in [3.8, 4) is 0 Å². The maximum atomic E-state index is 13.5. The number of rotatable bonds is 6. The van der Waals surface area contributed by atoms with E-state index in [-0.39, 0.29) is 29.7 Å². The van der Waals surface area contributed by atoms with Gasteiger partial charge in [-0.05, 0) is 37.0 Å². The van der Waals surface area contributed by atoms with Crippen LogP contribution in [0.4, 0.5) is 0 Å². The molecule has 2 atom stereocenters. The van der Waals surface area contributed by atoms with Crippen molar-refractivity contribution in [3.63, 3.8) is 0 Å². The minimum atomic E-state index is -0.517. The van der Waals surface area contributed by atoms with Gasteiger partial charge in [-0.2, -0.15) is 0 Å². The number of aromatic nitrogens is 4. The van der Waals surface area contributed by atoms with Gasteiger partial charge in [0.1, 0.15) is 0 Å². The minimum absolute atomic E-state index is 0.0705. The van der Waals surface area contributed by atoms with E-state index in [0.717, 1.165) is 29.3 Å². The molecule has 9 heteroatoms. The Morgan fingerprint density at radius 3 is 2.71 bits per heavy atom. The van der Waals surface area contributed by atoms with Gasteiger partial charge < -0.3 is 10.1 Å². The van der Waals surface area contributed by atoms with Crippen LogP contribution in [-0.2, 0) is 16.1 Å². The molecule has 1 saturated heterocycles. The summed E-state index contributed by atoms with van der Waals surface area (Å²) >= 11 is 0. The van der Waals surface area contributed by atoms with Gasteiger partial charge in [-0.3, -0.25) is 14.7 Å². The molecular weight excluding hydrogens is 444 g/mol. The van der Waals surface area contributed by atoms with Crippen molar-refractivity contribution < 1.29 is 14.3 Å². The summed E-state index contributed by atoms with van der Waals surface area (Å²) < 4.78 is 6.47. The highest BCUT2D eigenvalue weighted by atomic mass is 16.5. The van der Waals surface area contributed by atoms with Crippen molar-refractivity contribution in [1.29, 1.82) is 0 Å². The fraction of sp³-hybridized carbons (Fsp3) is 0.500. The summed E-state index contributed by atoms with van der Waals surface area (Å²) in [5.41, 5.74) is 2.25. The van der Waals surface area contributed by atoms with Crippen LogP contribution in [-0.4, -0.2) is 62.5 Å². The number of fused-ring (bicyclic) bond motifs is 1. The number of likely N-dealkylation sites (tertiary alicyclic amines) is 1. The molecule has 1 aliphatic heterocycles. The number of hydrogen-bond acceptors (Lipinski definition) is 7. The van der Waals surface area contributed by atoms with Gasteiger partial charge in [0, 0.05) is 30.7 Å². The van der Waals surface area contributed by atoms with E-state index >= 15 is 0 Å². The standard InChI is InChI=1S/C26H32N6O3/c1-35-26(34)23-17-32(30-29-23)20-14-24(25(33)28-19-8-4-2-3-5-9-19)31(16-20)15-18-12-13-27-22-11-7-6-10-21(18)22/h6-7,10-13,17,19-20,24H,2-5,8-9,14-16H2,1H3,(H,28,33)/t20-,24+/m1/s1. The number of ether oxygens (including phenoxy) is 1. The third kappa shape index (κ3) is 5.19. The Labute approximate surface area is 204 Å². The lowest BCUT2D eigenvalue weighted by Gasteiger charge is -2.26. The zero-order chi connectivity index (χ0) is 24.2. The molecule has 3 heterocycles. The molecule has 3 aromatic rings. The number of nitrogens with one attached hydrogen (secondary N) is 1. The number of hydrogen-bond donors (Lipinski definition) is 1. The maximum Gasteiger partial charge on any atom is 0.360 e. The maximum absolute atomic E-state index is 13.5. The molecular formula is C26H32N6O3. The summed E-state index contributed by atoms with van der Waals surface area (Å²) in [5, 5.41) is 12.6. The van der Waals surface area contributed by atoms with Crippen LogP contribution in [0.5, 0.6) is 0 Å². The first-order valence-corrected chi connectivity index (χ1v) is 12.5. The van der Waals surface area contributed by atoms with Gasteiger partial charge in [-0.1, -0.05) is 49.1 Å². The summed E-state index contributed by atoms with van der Waals surface area (Å²) in [6, 6.07) is 9.99. The van der Waals surface area contributed by atoms with Gasteiger partial charge in [0.15, 0.2) is 5.69 Å². The largest absolute Gasteiger partial charge is 0.464 e. The third-order valence-corrected chi connectivity index (χ3v) is 7.28. The highest BCUT2D eigenvalue weighted by molar-refractivity contribution is 5.86. The minimum Gasteiger partial charge on any atom is -0.464 e. The first-order chi connectivity index (χ1) is 17.1. The molecule has 2 aromatic heterocycles. The Hall–Kier alpha value is -3.33. The van der Waals surface area contributed by atoms with E-state index in [0.29, 0.717) is 19.5 Å². The summed E-state index contributed by atoms with van der Waals surface area (Å²) in [7, 11) is 1.32. The van der Waals surface area contributed by atoms with E-state index < -0.39 is 5.97 Å². The number of amides is 1. The predicted molar refractivity (Wildman–Crippen MR) is 131 cm³/mol. The number of carbonyl (C=O) groups is 2. The number of para-hydroxylation sites is 1. The van der Waals surface area contributed by atoms with E-state index in [1.54, 1.807) is 10.9 Å². The van der Waals surface area contributed by atoms with Crippen LogP contribution >= 0.6 is 0 Å². The smallest absolute Gasteiger partial charge is 0.360 e. The van der Waals surface area contributed by atoms with E-state index in [9.17, 15) is 9.59 Å². The number of pyridine rings is 1.